The summed E-state index contributed by atoms with van der Waals surface area (Å²) in [4.78, 5) is 3.31. The Morgan fingerprint density at radius 2 is 2.17 bits per heavy atom. The first-order chi connectivity index (χ1) is 11.7. The molecule has 0 bridgehead atoms. The second-order valence-corrected chi connectivity index (χ2v) is 6.39. The van der Waals surface area contributed by atoms with Crippen molar-refractivity contribution < 1.29 is 9.13 Å². The Morgan fingerprint density at radius 1 is 1.29 bits per heavy atom. The molecule has 1 unspecified atom stereocenters. The number of H-pyrrole nitrogens is 1. The van der Waals surface area contributed by atoms with Crippen LogP contribution in [0.3, 0.4) is 0 Å². The second-order valence-electron chi connectivity index (χ2n) is 6.39. The molecule has 1 atom stereocenters. The van der Waals surface area contributed by atoms with Gasteiger partial charge in [0.25, 0.3) is 0 Å². The van der Waals surface area contributed by atoms with Gasteiger partial charge in [-0.15, -0.1) is 0 Å². The Labute approximate surface area is 140 Å². The molecule has 124 valence electrons. The number of rotatable bonds is 3. The zero-order valence-electron chi connectivity index (χ0n) is 13.7. The molecule has 1 aliphatic heterocycles. The van der Waals surface area contributed by atoms with Crippen LogP contribution in [0.25, 0.3) is 22.0 Å². The molecule has 1 aliphatic rings. The lowest BCUT2D eigenvalue weighted by Gasteiger charge is -2.23. The van der Waals surface area contributed by atoms with Crippen LogP contribution in [0, 0.1) is 5.82 Å². The van der Waals surface area contributed by atoms with Crippen molar-refractivity contribution in [2.75, 3.05) is 12.3 Å². The van der Waals surface area contributed by atoms with E-state index in [1.807, 2.05) is 30.3 Å². The molecule has 0 saturated heterocycles. The summed E-state index contributed by atoms with van der Waals surface area (Å²) < 4.78 is 20.4. The topological polar surface area (TPSA) is 51.0 Å². The van der Waals surface area contributed by atoms with Gasteiger partial charge in [-0.05, 0) is 47.7 Å². The summed E-state index contributed by atoms with van der Waals surface area (Å²) >= 11 is 0. The monoisotopic (exact) mass is 324 g/mol. The minimum atomic E-state index is -0.220. The molecule has 0 fully saturated rings. The van der Waals surface area contributed by atoms with E-state index < -0.39 is 0 Å². The Kier molecular flexibility index (Phi) is 3.77. The fraction of sp³-hybridized carbons (Fsp3) is 0.300. The first-order valence-corrected chi connectivity index (χ1v) is 8.49. The summed E-state index contributed by atoms with van der Waals surface area (Å²) in [5.41, 5.74) is 11.5. The third kappa shape index (κ3) is 2.38. The van der Waals surface area contributed by atoms with Crippen LogP contribution >= 0.6 is 0 Å². The maximum absolute atomic E-state index is 14.5. The van der Waals surface area contributed by atoms with Crippen molar-refractivity contribution >= 4 is 16.6 Å². The molecule has 0 aliphatic carbocycles. The molecule has 3 aromatic rings. The highest BCUT2D eigenvalue weighted by molar-refractivity contribution is 5.99. The first-order valence-electron chi connectivity index (χ1n) is 8.49. The molecule has 1 aromatic heterocycles. The number of hydrogen-bond acceptors (Lipinski definition) is 2. The van der Waals surface area contributed by atoms with Gasteiger partial charge in [0, 0.05) is 16.8 Å². The van der Waals surface area contributed by atoms with Crippen LogP contribution in [0.2, 0.25) is 0 Å². The molecule has 4 rings (SSSR count). The molecule has 3 N–H and O–H groups in total. The van der Waals surface area contributed by atoms with Crippen molar-refractivity contribution in [3.63, 3.8) is 0 Å². The van der Waals surface area contributed by atoms with E-state index in [4.69, 9.17) is 10.5 Å². The summed E-state index contributed by atoms with van der Waals surface area (Å²) in [5.74, 6) is -0.220. The predicted molar refractivity (Wildman–Crippen MR) is 95.4 cm³/mol. The van der Waals surface area contributed by atoms with Crippen molar-refractivity contribution in [3.8, 4) is 11.1 Å². The lowest BCUT2D eigenvalue weighted by molar-refractivity contribution is 0.0339. The summed E-state index contributed by atoms with van der Waals surface area (Å²) in [6.07, 6.45) is 2.80. The van der Waals surface area contributed by atoms with E-state index in [0.29, 0.717) is 17.8 Å². The molecule has 2 aromatic carbocycles. The number of anilines is 1. The van der Waals surface area contributed by atoms with Crippen LogP contribution < -0.4 is 5.73 Å². The van der Waals surface area contributed by atoms with Crippen molar-refractivity contribution in [1.82, 2.24) is 4.98 Å². The smallest absolute Gasteiger partial charge is 0.147 e. The van der Waals surface area contributed by atoms with Crippen LogP contribution in [0.15, 0.2) is 36.4 Å². The number of ether oxygens (including phenoxy) is 1. The quantitative estimate of drug-likeness (QED) is 0.668. The Morgan fingerprint density at radius 3 is 2.96 bits per heavy atom. The maximum Gasteiger partial charge on any atom is 0.147 e. The Balaban J connectivity index is 1.98. The number of nitrogens with two attached hydrogens (primary N) is 1. The van der Waals surface area contributed by atoms with Gasteiger partial charge in [0.2, 0.25) is 0 Å². The number of hydrogen-bond donors (Lipinski definition) is 2. The average molecular weight is 324 g/mol. The summed E-state index contributed by atoms with van der Waals surface area (Å²) in [5, 5.41) is 0.972. The zero-order valence-corrected chi connectivity index (χ0v) is 13.7. The van der Waals surface area contributed by atoms with Gasteiger partial charge in [-0.1, -0.05) is 31.5 Å². The maximum atomic E-state index is 14.5. The van der Waals surface area contributed by atoms with Crippen LogP contribution in [-0.2, 0) is 11.2 Å². The van der Waals surface area contributed by atoms with Crippen molar-refractivity contribution in [3.05, 3.63) is 53.5 Å². The van der Waals surface area contributed by atoms with Gasteiger partial charge in [-0.3, -0.25) is 0 Å². The summed E-state index contributed by atoms with van der Waals surface area (Å²) in [6.45, 7) is 2.82. The molecule has 0 radical (unpaired) electrons. The molecule has 0 spiro atoms. The molecule has 2 heterocycles. The lowest BCUT2D eigenvalue weighted by Crippen LogP contribution is -2.15. The number of nitrogen functional groups attached to an aromatic ring is 1. The van der Waals surface area contributed by atoms with Gasteiger partial charge in [-0.2, -0.15) is 0 Å². The van der Waals surface area contributed by atoms with Gasteiger partial charge in [0.15, 0.2) is 0 Å². The normalized spacial score (nSPS) is 17.2. The largest absolute Gasteiger partial charge is 0.399 e. The molecular formula is C20H21FN2O. The molecule has 4 heteroatoms. The number of nitrogens with one attached hydrogen (secondary N) is 1. The lowest BCUT2D eigenvalue weighted by atomic mass is 9.94. The van der Waals surface area contributed by atoms with E-state index >= 15 is 0 Å². The van der Waals surface area contributed by atoms with Gasteiger partial charge >= 0.3 is 0 Å². The molecule has 0 saturated carbocycles. The van der Waals surface area contributed by atoms with Gasteiger partial charge in [0.05, 0.1) is 18.2 Å². The van der Waals surface area contributed by atoms with Crippen molar-refractivity contribution in [2.45, 2.75) is 32.3 Å². The van der Waals surface area contributed by atoms with Crippen LogP contribution in [0.4, 0.5) is 10.1 Å². The van der Waals surface area contributed by atoms with E-state index in [1.54, 1.807) is 0 Å². The summed E-state index contributed by atoms with van der Waals surface area (Å²) in [6, 6.07) is 11.1. The van der Waals surface area contributed by atoms with Crippen molar-refractivity contribution in [1.29, 1.82) is 0 Å². The Hall–Kier alpha value is -2.33. The zero-order chi connectivity index (χ0) is 16.7. The number of benzene rings is 2. The van der Waals surface area contributed by atoms with Gasteiger partial charge in [-0.25, -0.2) is 4.39 Å². The highest BCUT2D eigenvalue weighted by atomic mass is 19.1. The molecule has 3 nitrogen and oxygen atoms in total. The van der Waals surface area contributed by atoms with E-state index in [-0.39, 0.29) is 11.9 Å². The van der Waals surface area contributed by atoms with Crippen LogP contribution in [0.1, 0.15) is 37.1 Å². The fourth-order valence-corrected chi connectivity index (χ4v) is 3.72. The number of halogens is 1. The van der Waals surface area contributed by atoms with Crippen molar-refractivity contribution in [2.24, 2.45) is 0 Å². The SMILES string of the molecule is CCCC1OCCc2c1[nH]c1c(F)ccc(-c3cccc(N)c3)c21. The highest BCUT2D eigenvalue weighted by Gasteiger charge is 2.27. The van der Waals surface area contributed by atoms with Crippen LogP contribution in [-0.4, -0.2) is 11.6 Å². The third-order valence-corrected chi connectivity index (χ3v) is 4.78. The summed E-state index contributed by atoms with van der Waals surface area (Å²) in [7, 11) is 0. The van der Waals surface area contributed by atoms with E-state index in [2.05, 4.69) is 11.9 Å². The fourth-order valence-electron chi connectivity index (χ4n) is 3.72. The standard InChI is InChI=1S/C20H21FN2O/c1-2-4-17-19-15(9-10-24-17)18-14(7-8-16(21)20(18)23-19)12-5-3-6-13(22)11-12/h3,5-8,11,17,23H,2,4,9-10,22H2,1H3. The molecule has 24 heavy (non-hydrogen) atoms. The van der Waals surface area contributed by atoms with E-state index in [1.165, 1.54) is 11.6 Å². The van der Waals surface area contributed by atoms with Crippen LogP contribution in [0.5, 0.6) is 0 Å². The second kappa shape index (κ2) is 5.95. The molecule has 0 amide bonds. The van der Waals surface area contributed by atoms with E-state index in [9.17, 15) is 4.39 Å². The molecular weight excluding hydrogens is 303 g/mol. The number of fused-ring (bicyclic) bond motifs is 3. The number of aromatic nitrogens is 1. The van der Waals surface area contributed by atoms with Gasteiger partial charge < -0.3 is 15.5 Å². The highest BCUT2D eigenvalue weighted by Crippen LogP contribution is 2.40. The average Bonchev–Trinajstić information content (AvgIpc) is 2.97. The number of aromatic amines is 1. The van der Waals surface area contributed by atoms with Gasteiger partial charge in [0.1, 0.15) is 5.82 Å². The minimum Gasteiger partial charge on any atom is -0.399 e. The minimum absolute atomic E-state index is 0.0271. The first kappa shape index (κ1) is 15.2. The third-order valence-electron chi connectivity index (χ3n) is 4.78. The van der Waals surface area contributed by atoms with E-state index in [0.717, 1.165) is 41.5 Å². The Bertz CT molecular complexity index is 900. The predicted octanol–water partition coefficient (Wildman–Crippen LogP) is 4.97.